The summed E-state index contributed by atoms with van der Waals surface area (Å²) in [5, 5.41) is 8.76. The Morgan fingerprint density at radius 3 is 2.39 bits per heavy atom. The predicted molar refractivity (Wildman–Crippen MR) is 88.9 cm³/mol. The van der Waals surface area contributed by atoms with E-state index in [1.165, 1.54) is 12.1 Å². The van der Waals surface area contributed by atoms with Crippen molar-refractivity contribution in [2.75, 3.05) is 25.4 Å². The van der Waals surface area contributed by atoms with Crippen molar-refractivity contribution < 1.29 is 13.2 Å². The zero-order valence-corrected chi connectivity index (χ0v) is 14.6. The SMILES string of the molecule is CC(C)OC1CCN(CCS(=O)(=O)c2ccc(C#N)cc2)CC1. The van der Waals surface area contributed by atoms with Crippen LogP contribution in [0.2, 0.25) is 0 Å². The molecule has 2 rings (SSSR count). The second kappa shape index (κ2) is 7.91. The number of ether oxygens (including phenoxy) is 1. The van der Waals surface area contributed by atoms with E-state index in [0.29, 0.717) is 18.2 Å². The summed E-state index contributed by atoms with van der Waals surface area (Å²) in [6.07, 6.45) is 2.44. The van der Waals surface area contributed by atoms with E-state index >= 15 is 0 Å². The highest BCUT2D eigenvalue weighted by Crippen LogP contribution is 2.17. The Hall–Kier alpha value is -1.42. The Bertz CT molecular complexity index is 639. The largest absolute Gasteiger partial charge is 0.375 e. The molecule has 6 heteroatoms. The lowest BCUT2D eigenvalue weighted by Gasteiger charge is -2.32. The molecule has 5 nitrogen and oxygen atoms in total. The monoisotopic (exact) mass is 336 g/mol. The number of nitrogens with zero attached hydrogens (tertiary/aromatic N) is 2. The number of benzene rings is 1. The Labute approximate surface area is 138 Å². The molecule has 1 fully saturated rings. The first kappa shape index (κ1) is 17.9. The minimum atomic E-state index is -3.30. The van der Waals surface area contributed by atoms with E-state index in [2.05, 4.69) is 4.90 Å². The maximum Gasteiger partial charge on any atom is 0.179 e. The second-order valence-corrected chi connectivity index (χ2v) is 8.29. The summed E-state index contributed by atoms with van der Waals surface area (Å²) < 4.78 is 30.5. The van der Waals surface area contributed by atoms with Gasteiger partial charge in [0, 0.05) is 19.6 Å². The fourth-order valence-corrected chi connectivity index (χ4v) is 4.04. The van der Waals surface area contributed by atoms with Gasteiger partial charge in [-0.1, -0.05) is 0 Å². The topological polar surface area (TPSA) is 70.4 Å². The van der Waals surface area contributed by atoms with Crippen LogP contribution in [0.5, 0.6) is 0 Å². The van der Waals surface area contributed by atoms with Crippen LogP contribution in [0.4, 0.5) is 0 Å². The minimum Gasteiger partial charge on any atom is -0.375 e. The van der Waals surface area contributed by atoms with Gasteiger partial charge in [0.15, 0.2) is 9.84 Å². The molecular weight excluding hydrogens is 312 g/mol. The fraction of sp³-hybridized carbons (Fsp3) is 0.588. The van der Waals surface area contributed by atoms with Crippen molar-refractivity contribution in [3.63, 3.8) is 0 Å². The van der Waals surface area contributed by atoms with Crippen LogP contribution in [0.3, 0.4) is 0 Å². The molecule has 0 N–H and O–H groups in total. The molecule has 0 amide bonds. The van der Waals surface area contributed by atoms with E-state index in [-0.39, 0.29) is 16.8 Å². The number of likely N-dealkylation sites (tertiary alicyclic amines) is 1. The van der Waals surface area contributed by atoms with Crippen molar-refractivity contribution in [3.8, 4) is 6.07 Å². The standard InChI is InChI=1S/C17H24N2O3S/c1-14(2)22-16-7-9-19(10-8-16)11-12-23(20,21)17-5-3-15(13-18)4-6-17/h3-6,14,16H,7-12H2,1-2H3. The molecule has 1 aromatic carbocycles. The summed E-state index contributed by atoms with van der Waals surface area (Å²) >= 11 is 0. The minimum absolute atomic E-state index is 0.106. The lowest BCUT2D eigenvalue weighted by atomic mass is 10.1. The Balaban J connectivity index is 1.84. The van der Waals surface area contributed by atoms with Gasteiger partial charge in [-0.2, -0.15) is 5.26 Å². The number of rotatable bonds is 6. The van der Waals surface area contributed by atoms with Crippen molar-refractivity contribution in [2.24, 2.45) is 0 Å². The van der Waals surface area contributed by atoms with Gasteiger partial charge < -0.3 is 9.64 Å². The first-order valence-electron chi connectivity index (χ1n) is 8.01. The van der Waals surface area contributed by atoms with Crippen LogP contribution in [0.15, 0.2) is 29.2 Å². The van der Waals surface area contributed by atoms with E-state index in [0.717, 1.165) is 25.9 Å². The quantitative estimate of drug-likeness (QED) is 0.796. The lowest BCUT2D eigenvalue weighted by Crippen LogP contribution is -2.40. The summed E-state index contributed by atoms with van der Waals surface area (Å²) in [6.45, 7) is 6.37. The van der Waals surface area contributed by atoms with Crippen LogP contribution < -0.4 is 0 Å². The van der Waals surface area contributed by atoms with Crippen LogP contribution in [0.25, 0.3) is 0 Å². The van der Waals surface area contributed by atoms with Crippen molar-refractivity contribution >= 4 is 9.84 Å². The van der Waals surface area contributed by atoms with Gasteiger partial charge in [0.25, 0.3) is 0 Å². The molecule has 0 aliphatic carbocycles. The molecule has 0 aromatic heterocycles. The molecule has 126 valence electrons. The average Bonchev–Trinajstić information content (AvgIpc) is 2.54. The number of piperidine rings is 1. The molecule has 0 radical (unpaired) electrons. The predicted octanol–water partition coefficient (Wildman–Crippen LogP) is 2.22. The number of nitriles is 1. The van der Waals surface area contributed by atoms with Gasteiger partial charge in [-0.15, -0.1) is 0 Å². The van der Waals surface area contributed by atoms with E-state index in [1.807, 2.05) is 19.9 Å². The van der Waals surface area contributed by atoms with Crippen LogP contribution in [0.1, 0.15) is 32.3 Å². The first-order valence-corrected chi connectivity index (χ1v) is 9.66. The first-order chi connectivity index (χ1) is 10.9. The van der Waals surface area contributed by atoms with Crippen LogP contribution in [-0.2, 0) is 14.6 Å². The Morgan fingerprint density at radius 2 is 1.87 bits per heavy atom. The molecule has 1 aliphatic rings. The second-order valence-electron chi connectivity index (χ2n) is 6.18. The van der Waals surface area contributed by atoms with Crippen molar-refractivity contribution in [1.82, 2.24) is 4.90 Å². The summed E-state index contributed by atoms with van der Waals surface area (Å²) in [4.78, 5) is 2.47. The number of sulfone groups is 1. The molecule has 1 saturated heterocycles. The third kappa shape index (κ3) is 5.31. The molecule has 0 bridgehead atoms. The van der Waals surface area contributed by atoms with Crippen molar-refractivity contribution in [2.45, 2.75) is 43.8 Å². The third-order valence-corrected chi connectivity index (χ3v) is 5.73. The highest BCUT2D eigenvalue weighted by Gasteiger charge is 2.22. The van der Waals surface area contributed by atoms with Gasteiger partial charge in [-0.05, 0) is 51.0 Å². The van der Waals surface area contributed by atoms with Crippen LogP contribution >= 0.6 is 0 Å². The number of hydrogen-bond acceptors (Lipinski definition) is 5. The van der Waals surface area contributed by atoms with E-state index in [4.69, 9.17) is 10.00 Å². The van der Waals surface area contributed by atoms with Crippen LogP contribution in [0, 0.1) is 11.3 Å². The molecule has 1 aliphatic heterocycles. The van der Waals surface area contributed by atoms with Gasteiger partial charge in [0.2, 0.25) is 0 Å². The summed E-state index contributed by atoms with van der Waals surface area (Å²) in [5.74, 6) is 0.106. The fourth-order valence-electron chi connectivity index (χ4n) is 2.76. The van der Waals surface area contributed by atoms with Crippen molar-refractivity contribution in [1.29, 1.82) is 5.26 Å². The van der Waals surface area contributed by atoms with Crippen LogP contribution in [-0.4, -0.2) is 50.9 Å². The molecule has 23 heavy (non-hydrogen) atoms. The summed E-state index contributed by atoms with van der Waals surface area (Å²) in [7, 11) is -3.30. The van der Waals surface area contributed by atoms with E-state index in [9.17, 15) is 8.42 Å². The Kier molecular flexibility index (Phi) is 6.17. The highest BCUT2D eigenvalue weighted by molar-refractivity contribution is 7.91. The molecule has 1 heterocycles. The molecular formula is C17H24N2O3S. The Morgan fingerprint density at radius 1 is 1.26 bits per heavy atom. The van der Waals surface area contributed by atoms with Crippen molar-refractivity contribution in [3.05, 3.63) is 29.8 Å². The summed E-state index contributed by atoms with van der Waals surface area (Å²) in [6, 6.07) is 8.10. The molecule has 0 unspecified atom stereocenters. The average molecular weight is 336 g/mol. The number of hydrogen-bond donors (Lipinski definition) is 0. The maximum absolute atomic E-state index is 12.4. The lowest BCUT2D eigenvalue weighted by molar-refractivity contribution is -0.0258. The molecule has 1 aromatic rings. The zero-order valence-electron chi connectivity index (χ0n) is 13.7. The smallest absolute Gasteiger partial charge is 0.179 e. The normalized spacial score (nSPS) is 17.3. The van der Waals surface area contributed by atoms with Gasteiger partial charge in [-0.25, -0.2) is 8.42 Å². The van der Waals surface area contributed by atoms with Gasteiger partial charge >= 0.3 is 0 Å². The highest BCUT2D eigenvalue weighted by atomic mass is 32.2. The van der Waals surface area contributed by atoms with Gasteiger partial charge in [0.1, 0.15) is 0 Å². The molecule has 0 saturated carbocycles. The zero-order chi connectivity index (χ0) is 16.9. The molecule has 0 atom stereocenters. The maximum atomic E-state index is 12.4. The van der Waals surface area contributed by atoms with E-state index < -0.39 is 9.84 Å². The molecule has 0 spiro atoms. The summed E-state index contributed by atoms with van der Waals surface area (Å²) in [5.41, 5.74) is 0.469. The van der Waals surface area contributed by atoms with Gasteiger partial charge in [-0.3, -0.25) is 0 Å². The third-order valence-electron chi connectivity index (χ3n) is 4.02. The van der Waals surface area contributed by atoms with E-state index in [1.54, 1.807) is 12.1 Å². The van der Waals surface area contributed by atoms with Gasteiger partial charge in [0.05, 0.1) is 34.5 Å².